The molecule has 0 fully saturated rings. The first-order chi connectivity index (χ1) is 6.91. The van der Waals surface area contributed by atoms with Crippen LogP contribution in [0.2, 0.25) is 5.02 Å². The van der Waals surface area contributed by atoms with E-state index >= 15 is 0 Å². The Labute approximate surface area is 98.3 Å². The SMILES string of the molecule is FC(F)(F)C(Br)COc1ccccc1Cl. The number of alkyl halides is 4. The molecule has 15 heavy (non-hydrogen) atoms. The fourth-order valence-corrected chi connectivity index (χ4v) is 1.14. The molecule has 0 aliphatic rings. The van der Waals surface area contributed by atoms with Gasteiger partial charge in [0, 0.05) is 0 Å². The maximum absolute atomic E-state index is 12.1. The zero-order valence-corrected chi connectivity index (χ0v) is 9.73. The molecule has 0 bridgehead atoms. The van der Waals surface area contributed by atoms with Gasteiger partial charge in [-0.25, -0.2) is 0 Å². The predicted molar refractivity (Wildman–Crippen MR) is 55.7 cm³/mol. The van der Waals surface area contributed by atoms with Crippen LogP contribution in [0.4, 0.5) is 13.2 Å². The summed E-state index contributed by atoms with van der Waals surface area (Å²) >= 11 is 8.19. The number of halogens is 5. The van der Waals surface area contributed by atoms with Gasteiger partial charge in [0.25, 0.3) is 0 Å². The predicted octanol–water partition coefficient (Wildman–Crippen LogP) is 4.04. The average Bonchev–Trinajstić information content (AvgIpc) is 2.14. The lowest BCUT2D eigenvalue weighted by atomic mass is 10.3. The molecular formula is C9H7BrClF3O. The molecule has 0 aliphatic carbocycles. The standard InChI is InChI=1S/C9H7BrClF3O/c10-8(9(12,13)14)5-15-7-4-2-1-3-6(7)11/h1-4,8H,5H2. The lowest BCUT2D eigenvalue weighted by molar-refractivity contribution is -0.132. The molecule has 1 aromatic carbocycles. The maximum Gasteiger partial charge on any atom is 0.404 e. The smallest absolute Gasteiger partial charge is 0.404 e. The molecule has 0 heterocycles. The zero-order valence-electron chi connectivity index (χ0n) is 7.39. The highest BCUT2D eigenvalue weighted by Gasteiger charge is 2.38. The molecule has 0 saturated heterocycles. The Hall–Kier alpha value is -0.420. The van der Waals surface area contributed by atoms with Gasteiger partial charge in [-0.05, 0) is 12.1 Å². The summed E-state index contributed by atoms with van der Waals surface area (Å²) in [5.41, 5.74) is 0. The quantitative estimate of drug-likeness (QED) is 0.766. The molecule has 0 radical (unpaired) electrons. The number of benzene rings is 1. The van der Waals surface area contributed by atoms with Crippen molar-refractivity contribution in [2.24, 2.45) is 0 Å². The van der Waals surface area contributed by atoms with Crippen molar-refractivity contribution in [3.8, 4) is 5.75 Å². The summed E-state index contributed by atoms with van der Waals surface area (Å²) in [5, 5.41) is 0.291. The van der Waals surface area contributed by atoms with Gasteiger partial charge in [-0.3, -0.25) is 0 Å². The molecule has 0 N–H and O–H groups in total. The van der Waals surface area contributed by atoms with Crippen molar-refractivity contribution in [3.63, 3.8) is 0 Å². The molecule has 0 aromatic heterocycles. The van der Waals surface area contributed by atoms with E-state index in [1.165, 1.54) is 6.07 Å². The highest BCUT2D eigenvalue weighted by molar-refractivity contribution is 9.09. The van der Waals surface area contributed by atoms with Crippen LogP contribution in [0, 0.1) is 0 Å². The molecule has 1 unspecified atom stereocenters. The molecular weight excluding hydrogens is 296 g/mol. The minimum absolute atomic E-state index is 0.243. The summed E-state index contributed by atoms with van der Waals surface area (Å²) in [7, 11) is 0. The van der Waals surface area contributed by atoms with E-state index in [4.69, 9.17) is 16.3 Å². The van der Waals surface area contributed by atoms with Gasteiger partial charge in [0.05, 0.1) is 5.02 Å². The first-order valence-electron chi connectivity index (χ1n) is 3.99. The summed E-state index contributed by atoms with van der Waals surface area (Å²) in [4.78, 5) is -1.69. The topological polar surface area (TPSA) is 9.23 Å². The molecule has 1 atom stereocenters. The third-order valence-corrected chi connectivity index (χ3v) is 2.67. The van der Waals surface area contributed by atoms with Crippen molar-refractivity contribution >= 4 is 27.5 Å². The van der Waals surface area contributed by atoms with E-state index in [-0.39, 0.29) is 5.75 Å². The van der Waals surface area contributed by atoms with Crippen LogP contribution in [0.1, 0.15) is 0 Å². The van der Waals surface area contributed by atoms with Gasteiger partial charge in [-0.1, -0.05) is 39.7 Å². The number of hydrogen-bond donors (Lipinski definition) is 0. The van der Waals surface area contributed by atoms with E-state index in [0.717, 1.165) is 0 Å². The largest absolute Gasteiger partial charge is 0.491 e. The third-order valence-electron chi connectivity index (χ3n) is 1.58. The minimum Gasteiger partial charge on any atom is -0.491 e. The molecule has 1 nitrogen and oxygen atoms in total. The van der Waals surface area contributed by atoms with Crippen molar-refractivity contribution in [2.45, 2.75) is 11.0 Å². The summed E-state index contributed by atoms with van der Waals surface area (Å²) < 4.78 is 41.2. The number of ether oxygens (including phenoxy) is 1. The Balaban J connectivity index is 2.55. The summed E-state index contributed by atoms with van der Waals surface area (Å²) in [6.45, 7) is -0.507. The van der Waals surface area contributed by atoms with Crippen LogP contribution >= 0.6 is 27.5 Å². The van der Waals surface area contributed by atoms with Gasteiger partial charge in [-0.2, -0.15) is 13.2 Å². The molecule has 0 amide bonds. The van der Waals surface area contributed by atoms with Crippen LogP contribution in [0.25, 0.3) is 0 Å². The summed E-state index contributed by atoms with van der Waals surface area (Å²) in [6.07, 6.45) is -4.32. The lowest BCUT2D eigenvalue weighted by Gasteiger charge is -2.15. The van der Waals surface area contributed by atoms with Crippen molar-refractivity contribution in [2.75, 3.05) is 6.61 Å². The molecule has 6 heteroatoms. The second-order valence-electron chi connectivity index (χ2n) is 2.75. The fourth-order valence-electron chi connectivity index (χ4n) is 0.819. The van der Waals surface area contributed by atoms with Gasteiger partial charge in [0.15, 0.2) is 0 Å². The normalized spacial score (nSPS) is 13.7. The van der Waals surface area contributed by atoms with Crippen molar-refractivity contribution in [3.05, 3.63) is 29.3 Å². The first-order valence-corrected chi connectivity index (χ1v) is 5.28. The van der Waals surface area contributed by atoms with Gasteiger partial charge in [0.1, 0.15) is 17.2 Å². The van der Waals surface area contributed by atoms with E-state index in [9.17, 15) is 13.2 Å². The zero-order chi connectivity index (χ0) is 11.5. The van der Waals surface area contributed by atoms with Crippen LogP contribution in [0.15, 0.2) is 24.3 Å². The lowest BCUT2D eigenvalue weighted by Crippen LogP contribution is -2.28. The van der Waals surface area contributed by atoms with Crippen molar-refractivity contribution in [1.29, 1.82) is 0 Å². The van der Waals surface area contributed by atoms with Crippen LogP contribution in [0.5, 0.6) is 5.75 Å². The number of para-hydroxylation sites is 1. The maximum atomic E-state index is 12.1. The van der Waals surface area contributed by atoms with Gasteiger partial charge in [0.2, 0.25) is 0 Å². The van der Waals surface area contributed by atoms with E-state index in [1.54, 1.807) is 18.2 Å². The Morgan fingerprint density at radius 1 is 1.33 bits per heavy atom. The Morgan fingerprint density at radius 2 is 1.93 bits per heavy atom. The van der Waals surface area contributed by atoms with E-state index in [0.29, 0.717) is 5.02 Å². The van der Waals surface area contributed by atoms with Crippen molar-refractivity contribution in [1.82, 2.24) is 0 Å². The van der Waals surface area contributed by atoms with Gasteiger partial charge in [-0.15, -0.1) is 0 Å². The first kappa shape index (κ1) is 12.6. The summed E-state index contributed by atoms with van der Waals surface area (Å²) in [6, 6.07) is 6.37. The van der Waals surface area contributed by atoms with Crippen LogP contribution in [-0.4, -0.2) is 17.6 Å². The van der Waals surface area contributed by atoms with Gasteiger partial charge < -0.3 is 4.74 Å². The highest BCUT2D eigenvalue weighted by Crippen LogP contribution is 2.29. The molecule has 1 rings (SSSR count). The van der Waals surface area contributed by atoms with Crippen molar-refractivity contribution < 1.29 is 17.9 Å². The molecule has 0 saturated carbocycles. The number of rotatable bonds is 3. The average molecular weight is 304 g/mol. The second kappa shape index (κ2) is 5.07. The summed E-state index contributed by atoms with van der Waals surface area (Å²) in [5.74, 6) is 0.243. The Kier molecular flexibility index (Phi) is 4.28. The fraction of sp³-hybridized carbons (Fsp3) is 0.333. The van der Waals surface area contributed by atoms with Crippen LogP contribution in [0.3, 0.4) is 0 Å². The molecule has 1 aromatic rings. The highest BCUT2D eigenvalue weighted by atomic mass is 79.9. The Morgan fingerprint density at radius 3 is 2.47 bits per heavy atom. The molecule has 0 aliphatic heterocycles. The molecule has 0 spiro atoms. The Bertz CT molecular complexity index is 329. The van der Waals surface area contributed by atoms with Crippen LogP contribution < -0.4 is 4.74 Å². The minimum atomic E-state index is -4.32. The van der Waals surface area contributed by atoms with Gasteiger partial charge >= 0.3 is 6.18 Å². The van der Waals surface area contributed by atoms with E-state index < -0.39 is 17.6 Å². The third kappa shape index (κ3) is 3.91. The van der Waals surface area contributed by atoms with E-state index in [2.05, 4.69) is 15.9 Å². The number of hydrogen-bond acceptors (Lipinski definition) is 1. The van der Waals surface area contributed by atoms with Crippen LogP contribution in [-0.2, 0) is 0 Å². The van der Waals surface area contributed by atoms with E-state index in [1.807, 2.05) is 0 Å². The molecule has 84 valence electrons. The monoisotopic (exact) mass is 302 g/mol. The second-order valence-corrected chi connectivity index (χ2v) is 4.26.